The quantitative estimate of drug-likeness (QED) is 0.837. The highest BCUT2D eigenvalue weighted by Gasteiger charge is 2.31. The third-order valence-corrected chi connectivity index (χ3v) is 6.78. The maximum absolute atomic E-state index is 13.0. The molecule has 140 valence electrons. The Bertz CT molecular complexity index is 713. The molecule has 0 saturated carbocycles. The molecule has 1 heterocycles. The van der Waals surface area contributed by atoms with Gasteiger partial charge in [0.1, 0.15) is 0 Å². The summed E-state index contributed by atoms with van der Waals surface area (Å²) in [5, 5.41) is 2.99. The maximum Gasteiger partial charge on any atom is 0.251 e. The van der Waals surface area contributed by atoms with Crippen LogP contribution >= 0.6 is 0 Å². The summed E-state index contributed by atoms with van der Waals surface area (Å²) in [6.45, 7) is 8.51. The zero-order valence-corrected chi connectivity index (χ0v) is 16.5. The van der Waals surface area contributed by atoms with E-state index in [1.165, 1.54) is 6.07 Å². The Balaban J connectivity index is 2.24. The number of carbonyl (C=O) groups excluding carboxylic acids is 1. The Morgan fingerprint density at radius 2 is 2.04 bits per heavy atom. The second-order valence-corrected chi connectivity index (χ2v) is 9.47. The Hall–Kier alpha value is -1.40. The van der Waals surface area contributed by atoms with Crippen molar-refractivity contribution in [1.29, 1.82) is 0 Å². The molecule has 1 saturated heterocycles. The van der Waals surface area contributed by atoms with E-state index in [2.05, 4.69) is 12.2 Å². The molecule has 5 nitrogen and oxygen atoms in total. The van der Waals surface area contributed by atoms with Crippen LogP contribution in [-0.4, -0.2) is 36.8 Å². The topological polar surface area (TPSA) is 66.5 Å². The minimum Gasteiger partial charge on any atom is -0.347 e. The normalized spacial score (nSPS) is 19.6. The van der Waals surface area contributed by atoms with Crippen molar-refractivity contribution in [1.82, 2.24) is 9.62 Å². The summed E-state index contributed by atoms with van der Waals surface area (Å²) in [6, 6.07) is 6.37. The summed E-state index contributed by atoms with van der Waals surface area (Å²) in [6.07, 6.45) is 4.65. The number of amides is 1. The van der Waals surface area contributed by atoms with Gasteiger partial charge in [0.05, 0.1) is 4.90 Å². The van der Waals surface area contributed by atoms with E-state index < -0.39 is 10.0 Å². The third-order valence-electron chi connectivity index (χ3n) is 4.77. The van der Waals surface area contributed by atoms with E-state index in [1.807, 2.05) is 20.8 Å². The van der Waals surface area contributed by atoms with Crippen LogP contribution in [0.15, 0.2) is 29.2 Å². The van der Waals surface area contributed by atoms with Gasteiger partial charge in [0.2, 0.25) is 10.0 Å². The molecule has 1 aromatic carbocycles. The van der Waals surface area contributed by atoms with Crippen LogP contribution < -0.4 is 5.32 Å². The van der Waals surface area contributed by atoms with Crippen LogP contribution in [0.4, 0.5) is 0 Å². The molecular weight excluding hydrogens is 336 g/mol. The van der Waals surface area contributed by atoms with Crippen LogP contribution in [0.1, 0.15) is 70.2 Å². The summed E-state index contributed by atoms with van der Waals surface area (Å²) in [5.74, 6) is -0.234. The van der Waals surface area contributed by atoms with Crippen molar-refractivity contribution >= 4 is 15.9 Å². The molecule has 1 amide bonds. The van der Waals surface area contributed by atoms with Crippen molar-refractivity contribution in [2.45, 2.75) is 76.3 Å². The fraction of sp³-hybridized carbons (Fsp3) is 0.632. The highest BCUT2D eigenvalue weighted by atomic mass is 32.2. The SMILES string of the molecule is CCCC(C)(C)NC(=O)c1cccc(S(=O)(=O)N2CCCCC2C)c1. The van der Waals surface area contributed by atoms with Gasteiger partial charge < -0.3 is 5.32 Å². The Morgan fingerprint density at radius 1 is 1.32 bits per heavy atom. The molecule has 0 aliphatic carbocycles. The van der Waals surface area contributed by atoms with E-state index in [-0.39, 0.29) is 22.4 Å². The molecule has 1 aromatic rings. The molecule has 0 aromatic heterocycles. The fourth-order valence-corrected chi connectivity index (χ4v) is 5.17. The van der Waals surface area contributed by atoms with E-state index in [1.54, 1.807) is 22.5 Å². The van der Waals surface area contributed by atoms with Crippen LogP contribution in [0, 0.1) is 0 Å². The van der Waals surface area contributed by atoms with Gasteiger partial charge in [-0.05, 0) is 58.2 Å². The molecule has 6 heteroatoms. The number of piperidine rings is 1. The van der Waals surface area contributed by atoms with E-state index in [4.69, 9.17) is 0 Å². The number of nitrogens with one attached hydrogen (secondary N) is 1. The lowest BCUT2D eigenvalue weighted by atomic mass is 9.98. The van der Waals surface area contributed by atoms with Gasteiger partial charge in [0.15, 0.2) is 0 Å². The van der Waals surface area contributed by atoms with Crippen LogP contribution in [0.5, 0.6) is 0 Å². The molecule has 1 unspecified atom stereocenters. The first-order valence-corrected chi connectivity index (χ1v) is 10.6. The van der Waals surface area contributed by atoms with Gasteiger partial charge in [-0.25, -0.2) is 8.42 Å². The number of rotatable bonds is 6. The van der Waals surface area contributed by atoms with E-state index in [0.717, 1.165) is 32.1 Å². The number of nitrogens with zero attached hydrogens (tertiary/aromatic N) is 1. The van der Waals surface area contributed by atoms with Crippen molar-refractivity contribution in [2.75, 3.05) is 6.54 Å². The minimum absolute atomic E-state index is 0.000259. The van der Waals surface area contributed by atoms with E-state index in [0.29, 0.717) is 12.1 Å². The summed E-state index contributed by atoms with van der Waals surface area (Å²) in [4.78, 5) is 12.7. The van der Waals surface area contributed by atoms with Crippen LogP contribution in [-0.2, 0) is 10.0 Å². The van der Waals surface area contributed by atoms with Crippen molar-refractivity contribution < 1.29 is 13.2 Å². The molecule has 0 bridgehead atoms. The molecule has 1 fully saturated rings. The Morgan fingerprint density at radius 3 is 2.68 bits per heavy atom. The summed E-state index contributed by atoms with van der Waals surface area (Å²) < 4.78 is 27.5. The molecular formula is C19H30N2O3S. The van der Waals surface area contributed by atoms with Gasteiger partial charge in [-0.2, -0.15) is 4.31 Å². The second kappa shape index (κ2) is 7.87. The summed E-state index contributed by atoms with van der Waals surface area (Å²) in [5.41, 5.74) is 0.0668. The molecule has 1 atom stereocenters. The van der Waals surface area contributed by atoms with Crippen LogP contribution in [0.25, 0.3) is 0 Å². The van der Waals surface area contributed by atoms with Crippen LogP contribution in [0.2, 0.25) is 0 Å². The molecule has 2 rings (SSSR count). The van der Waals surface area contributed by atoms with Gasteiger partial charge in [0, 0.05) is 23.7 Å². The first-order chi connectivity index (χ1) is 11.7. The number of hydrogen-bond acceptors (Lipinski definition) is 3. The van der Waals surface area contributed by atoms with E-state index in [9.17, 15) is 13.2 Å². The van der Waals surface area contributed by atoms with Crippen molar-refractivity contribution in [2.24, 2.45) is 0 Å². The zero-order valence-electron chi connectivity index (χ0n) is 15.7. The number of hydrogen-bond donors (Lipinski definition) is 1. The lowest BCUT2D eigenvalue weighted by Gasteiger charge is -2.32. The summed E-state index contributed by atoms with van der Waals surface area (Å²) in [7, 11) is -3.57. The predicted molar refractivity (Wildman–Crippen MR) is 100 cm³/mol. The first kappa shape index (κ1) is 19.9. The molecule has 1 N–H and O–H groups in total. The average molecular weight is 367 g/mol. The second-order valence-electron chi connectivity index (χ2n) is 7.58. The molecule has 0 radical (unpaired) electrons. The molecule has 1 aliphatic heterocycles. The predicted octanol–water partition coefficient (Wildman–Crippen LogP) is 3.56. The fourth-order valence-electron chi connectivity index (χ4n) is 3.43. The van der Waals surface area contributed by atoms with Gasteiger partial charge >= 0.3 is 0 Å². The Labute approximate surface area is 151 Å². The number of sulfonamides is 1. The highest BCUT2D eigenvalue weighted by Crippen LogP contribution is 2.25. The number of carbonyl (C=O) groups is 1. The van der Waals surface area contributed by atoms with Crippen molar-refractivity contribution in [3.8, 4) is 0 Å². The average Bonchev–Trinajstić information content (AvgIpc) is 2.54. The van der Waals surface area contributed by atoms with Gasteiger partial charge in [-0.1, -0.05) is 25.8 Å². The van der Waals surface area contributed by atoms with Crippen molar-refractivity contribution in [3.63, 3.8) is 0 Å². The largest absolute Gasteiger partial charge is 0.347 e. The molecule has 1 aliphatic rings. The smallest absolute Gasteiger partial charge is 0.251 e. The summed E-state index contributed by atoms with van der Waals surface area (Å²) >= 11 is 0. The number of benzene rings is 1. The lowest BCUT2D eigenvalue weighted by Crippen LogP contribution is -2.43. The zero-order chi connectivity index (χ0) is 18.7. The standard InChI is InChI=1S/C19H30N2O3S/c1-5-12-19(3,4)20-18(22)16-10-8-11-17(14-16)25(23,24)21-13-7-6-9-15(21)2/h8,10-11,14-15H,5-7,9,12-13H2,1-4H3,(H,20,22). The monoisotopic (exact) mass is 366 g/mol. The lowest BCUT2D eigenvalue weighted by molar-refractivity contribution is 0.0909. The minimum atomic E-state index is -3.57. The van der Waals surface area contributed by atoms with Gasteiger partial charge in [-0.3, -0.25) is 4.79 Å². The molecule has 25 heavy (non-hydrogen) atoms. The third kappa shape index (κ3) is 4.82. The van der Waals surface area contributed by atoms with Crippen LogP contribution in [0.3, 0.4) is 0 Å². The van der Waals surface area contributed by atoms with Crippen molar-refractivity contribution in [3.05, 3.63) is 29.8 Å². The van der Waals surface area contributed by atoms with E-state index >= 15 is 0 Å². The maximum atomic E-state index is 13.0. The highest BCUT2D eigenvalue weighted by molar-refractivity contribution is 7.89. The van der Waals surface area contributed by atoms with Gasteiger partial charge in [0.25, 0.3) is 5.91 Å². The Kier molecular flexibility index (Phi) is 6.27. The first-order valence-electron chi connectivity index (χ1n) is 9.12. The van der Waals surface area contributed by atoms with Gasteiger partial charge in [-0.15, -0.1) is 0 Å². The molecule has 0 spiro atoms.